The number of pyridine rings is 1. The molecule has 5 heterocycles. The highest BCUT2D eigenvalue weighted by Gasteiger charge is 2.16. The van der Waals surface area contributed by atoms with E-state index in [0.717, 1.165) is 36.7 Å². The lowest BCUT2D eigenvalue weighted by Crippen LogP contribution is -2.22. The molecule has 1 aliphatic rings. The van der Waals surface area contributed by atoms with Crippen LogP contribution in [0, 0.1) is 0 Å². The molecule has 1 unspecified atom stereocenters. The van der Waals surface area contributed by atoms with E-state index >= 15 is 0 Å². The maximum atomic E-state index is 12.8. The number of fused-ring (bicyclic) bond motifs is 1. The molecule has 1 fully saturated rings. The van der Waals surface area contributed by atoms with E-state index in [1.165, 1.54) is 12.4 Å². The fourth-order valence-electron chi connectivity index (χ4n) is 3.45. The zero-order chi connectivity index (χ0) is 19.8. The highest BCUT2D eigenvalue weighted by Crippen LogP contribution is 2.24. The summed E-state index contributed by atoms with van der Waals surface area (Å²) in [6.07, 6.45) is 8.79. The van der Waals surface area contributed by atoms with E-state index in [1.54, 1.807) is 18.6 Å². The number of nitrogens with one attached hydrogen (secondary N) is 2. The van der Waals surface area contributed by atoms with Crippen molar-refractivity contribution in [2.24, 2.45) is 0 Å². The smallest absolute Gasteiger partial charge is 0.333 e. The van der Waals surface area contributed by atoms with Crippen LogP contribution < -0.4 is 10.6 Å². The van der Waals surface area contributed by atoms with Crippen LogP contribution in [0.25, 0.3) is 28.3 Å². The second-order valence-corrected chi connectivity index (χ2v) is 6.87. The average Bonchev–Trinajstić information content (AvgIpc) is 3.48. The van der Waals surface area contributed by atoms with Gasteiger partial charge in [0.2, 0.25) is 0 Å². The van der Waals surface area contributed by atoms with Crippen molar-refractivity contribution in [1.82, 2.24) is 34.4 Å². The van der Waals surface area contributed by atoms with Crippen molar-refractivity contribution in [2.75, 3.05) is 18.4 Å². The van der Waals surface area contributed by atoms with Crippen molar-refractivity contribution in [3.63, 3.8) is 0 Å². The lowest BCUT2D eigenvalue weighted by Gasteiger charge is -2.12. The molecule has 29 heavy (non-hydrogen) atoms. The van der Waals surface area contributed by atoms with Crippen LogP contribution in [-0.2, 0) is 0 Å². The number of imidazole rings is 1. The Balaban J connectivity index is 1.50. The van der Waals surface area contributed by atoms with Crippen molar-refractivity contribution in [3.8, 4) is 22.6 Å². The van der Waals surface area contributed by atoms with E-state index in [2.05, 4.69) is 25.7 Å². The fourth-order valence-corrected chi connectivity index (χ4v) is 3.45. The largest absolute Gasteiger partial charge is 0.366 e. The van der Waals surface area contributed by atoms with Crippen LogP contribution in [0.2, 0.25) is 0 Å². The van der Waals surface area contributed by atoms with E-state index in [-0.39, 0.29) is 0 Å². The third kappa shape index (κ3) is 3.42. The Morgan fingerprint density at radius 2 is 2.03 bits per heavy atom. The molecule has 1 atom stereocenters. The van der Waals surface area contributed by atoms with E-state index in [0.29, 0.717) is 27.6 Å². The minimum atomic E-state index is -2.69. The molecule has 0 radical (unpaired) electrons. The Kier molecular flexibility index (Phi) is 4.39. The fraction of sp³-hybridized carbons (Fsp3) is 0.263. The third-order valence-electron chi connectivity index (χ3n) is 4.92. The van der Waals surface area contributed by atoms with Gasteiger partial charge in [-0.05, 0) is 25.1 Å². The molecule has 0 saturated carbocycles. The summed E-state index contributed by atoms with van der Waals surface area (Å²) >= 11 is 0. The maximum Gasteiger partial charge on any atom is 0.333 e. The molecule has 0 aliphatic carbocycles. The van der Waals surface area contributed by atoms with Crippen LogP contribution in [0.1, 0.15) is 13.0 Å². The zero-order valence-electron chi connectivity index (χ0n) is 15.3. The van der Waals surface area contributed by atoms with Crippen LogP contribution in [0.3, 0.4) is 0 Å². The summed E-state index contributed by atoms with van der Waals surface area (Å²) in [5.41, 5.74) is 3.22. The van der Waals surface area contributed by atoms with Crippen LogP contribution in [-0.4, -0.2) is 48.3 Å². The molecule has 4 aromatic rings. The number of alkyl halides is 2. The van der Waals surface area contributed by atoms with Crippen LogP contribution in [0.15, 0.2) is 49.2 Å². The Hall–Kier alpha value is -3.40. The first-order chi connectivity index (χ1) is 14.2. The predicted octanol–water partition coefficient (Wildman–Crippen LogP) is 2.82. The summed E-state index contributed by atoms with van der Waals surface area (Å²) in [6, 6.07) is 6.16. The summed E-state index contributed by atoms with van der Waals surface area (Å²) in [5.74, 6) is 0.804. The topological polar surface area (TPSA) is 85.0 Å². The number of nitrogens with zero attached hydrogens (tertiary/aromatic N) is 6. The van der Waals surface area contributed by atoms with Crippen molar-refractivity contribution in [1.29, 1.82) is 0 Å². The molecule has 148 valence electrons. The molecular weight excluding hydrogens is 378 g/mol. The molecular formula is C19H18F2N8. The van der Waals surface area contributed by atoms with Crippen molar-refractivity contribution in [3.05, 3.63) is 49.2 Å². The molecule has 5 rings (SSSR count). The normalized spacial score (nSPS) is 16.7. The predicted molar refractivity (Wildman–Crippen MR) is 104 cm³/mol. The van der Waals surface area contributed by atoms with Gasteiger partial charge in [0.15, 0.2) is 5.65 Å². The van der Waals surface area contributed by atoms with Crippen LogP contribution in [0.5, 0.6) is 0 Å². The molecule has 2 N–H and O–H groups in total. The molecule has 1 saturated heterocycles. The first-order valence-electron chi connectivity index (χ1n) is 9.28. The minimum absolute atomic E-state index is 0.363. The summed E-state index contributed by atoms with van der Waals surface area (Å²) in [7, 11) is 0. The number of anilines is 1. The SMILES string of the molecule is FC(F)n1cc(-c2cn3c(-c4cccc(NC5CCNC5)n4)cnc3cn2)cn1. The molecule has 4 aromatic heterocycles. The molecule has 1 aliphatic heterocycles. The van der Waals surface area contributed by atoms with Crippen molar-refractivity contribution in [2.45, 2.75) is 19.0 Å². The molecule has 8 nitrogen and oxygen atoms in total. The van der Waals surface area contributed by atoms with Crippen molar-refractivity contribution >= 4 is 11.5 Å². The standard InChI is InChI=1S/C19H18F2N8/c20-19(21)29-10-12(6-25-29)15-11-28-16(8-24-18(28)9-23-15)14-2-1-3-17(27-14)26-13-4-5-22-7-13/h1-3,6,8-11,13,19,22H,4-5,7H2,(H,26,27). The van der Waals surface area contributed by atoms with Crippen LogP contribution >= 0.6 is 0 Å². The van der Waals surface area contributed by atoms with Gasteiger partial charge in [-0.1, -0.05) is 6.07 Å². The van der Waals surface area contributed by atoms with Gasteiger partial charge in [0.25, 0.3) is 0 Å². The summed E-state index contributed by atoms with van der Waals surface area (Å²) in [5, 5.41) is 10.4. The Morgan fingerprint density at radius 3 is 2.83 bits per heavy atom. The van der Waals surface area contributed by atoms with E-state index in [9.17, 15) is 8.78 Å². The van der Waals surface area contributed by atoms with Gasteiger partial charge >= 0.3 is 6.55 Å². The van der Waals surface area contributed by atoms with E-state index in [4.69, 9.17) is 4.98 Å². The van der Waals surface area contributed by atoms with Gasteiger partial charge in [-0.2, -0.15) is 13.9 Å². The second kappa shape index (κ2) is 7.21. The molecule has 0 spiro atoms. The van der Waals surface area contributed by atoms with E-state index < -0.39 is 6.55 Å². The average molecular weight is 396 g/mol. The lowest BCUT2D eigenvalue weighted by atomic mass is 10.2. The summed E-state index contributed by atoms with van der Waals surface area (Å²) < 4.78 is 28.1. The van der Waals surface area contributed by atoms with Gasteiger partial charge in [-0.15, -0.1) is 0 Å². The van der Waals surface area contributed by atoms with Gasteiger partial charge < -0.3 is 10.6 Å². The van der Waals surface area contributed by atoms with Crippen molar-refractivity contribution < 1.29 is 8.78 Å². The first-order valence-corrected chi connectivity index (χ1v) is 9.28. The van der Waals surface area contributed by atoms with Gasteiger partial charge in [-0.25, -0.2) is 14.6 Å². The number of hydrogen-bond donors (Lipinski definition) is 2. The minimum Gasteiger partial charge on any atom is -0.366 e. The lowest BCUT2D eigenvalue weighted by molar-refractivity contribution is 0.0566. The highest BCUT2D eigenvalue weighted by molar-refractivity contribution is 5.64. The monoisotopic (exact) mass is 396 g/mol. The van der Waals surface area contributed by atoms with Gasteiger partial charge in [0, 0.05) is 30.5 Å². The van der Waals surface area contributed by atoms with Gasteiger partial charge in [0.05, 0.1) is 35.7 Å². The zero-order valence-corrected chi connectivity index (χ0v) is 15.3. The third-order valence-corrected chi connectivity index (χ3v) is 4.92. The number of halogens is 2. The Bertz CT molecular complexity index is 1150. The van der Waals surface area contributed by atoms with Gasteiger partial charge in [-0.3, -0.25) is 9.38 Å². The Labute approximate surface area is 164 Å². The van der Waals surface area contributed by atoms with Gasteiger partial charge in [0.1, 0.15) is 5.82 Å². The highest BCUT2D eigenvalue weighted by atomic mass is 19.3. The van der Waals surface area contributed by atoms with E-state index in [1.807, 2.05) is 22.6 Å². The second-order valence-electron chi connectivity index (χ2n) is 6.87. The number of aromatic nitrogens is 6. The quantitative estimate of drug-likeness (QED) is 0.540. The molecule has 10 heteroatoms. The molecule has 0 bridgehead atoms. The molecule has 0 aromatic carbocycles. The number of rotatable bonds is 5. The Morgan fingerprint density at radius 1 is 1.10 bits per heavy atom. The first kappa shape index (κ1) is 17.7. The summed E-state index contributed by atoms with van der Waals surface area (Å²) in [6.45, 7) is -0.767. The van der Waals surface area contributed by atoms with Crippen LogP contribution in [0.4, 0.5) is 14.6 Å². The number of hydrogen-bond acceptors (Lipinski definition) is 6. The maximum absolute atomic E-state index is 12.8. The summed E-state index contributed by atoms with van der Waals surface area (Å²) in [4.78, 5) is 13.4. The molecule has 0 amide bonds.